The van der Waals surface area contributed by atoms with E-state index in [9.17, 15) is 4.79 Å². The number of nitrogens with one attached hydrogen (secondary N) is 1. The number of hydrogen-bond donors (Lipinski definition) is 1. The summed E-state index contributed by atoms with van der Waals surface area (Å²) in [6.07, 6.45) is 6.65. The molecule has 2 aliphatic heterocycles. The van der Waals surface area contributed by atoms with Gasteiger partial charge in [-0.25, -0.2) is 0 Å². The molecule has 28 heavy (non-hydrogen) atoms. The molecule has 0 aromatic carbocycles. The van der Waals surface area contributed by atoms with Gasteiger partial charge in [-0.15, -0.1) is 0 Å². The monoisotopic (exact) mass is 392 g/mol. The minimum Gasteiger partial charge on any atom is -0.377 e. The zero-order valence-electron chi connectivity index (χ0n) is 18.2. The number of methoxy groups -OCH3 is 1. The fourth-order valence-corrected chi connectivity index (χ4v) is 4.62. The first kappa shape index (κ1) is 21.5. The number of likely N-dealkylation sites (N-methyl/N-ethyl adjacent to an activating group) is 1. The van der Waals surface area contributed by atoms with Crippen molar-refractivity contribution in [2.45, 2.75) is 63.4 Å². The lowest BCUT2D eigenvalue weighted by Gasteiger charge is -2.40. The maximum atomic E-state index is 12.4. The molecule has 6 heteroatoms. The van der Waals surface area contributed by atoms with Crippen LogP contribution in [-0.2, 0) is 19.0 Å². The number of epoxide rings is 2. The van der Waals surface area contributed by atoms with Gasteiger partial charge in [-0.1, -0.05) is 11.6 Å². The Bertz CT molecular complexity index is 649. The Morgan fingerprint density at radius 2 is 2.11 bits per heavy atom. The highest BCUT2D eigenvalue weighted by molar-refractivity contribution is 5.88. The second-order valence-corrected chi connectivity index (χ2v) is 9.11. The van der Waals surface area contributed by atoms with Crippen molar-refractivity contribution in [1.82, 2.24) is 10.2 Å². The van der Waals surface area contributed by atoms with Gasteiger partial charge in [0.2, 0.25) is 5.91 Å². The molecular weight excluding hydrogens is 356 g/mol. The highest BCUT2D eigenvalue weighted by Crippen LogP contribution is 2.60. The second-order valence-electron chi connectivity index (χ2n) is 9.11. The van der Waals surface area contributed by atoms with Crippen molar-refractivity contribution < 1.29 is 19.0 Å². The van der Waals surface area contributed by atoms with Gasteiger partial charge in [0.1, 0.15) is 11.2 Å². The Morgan fingerprint density at radius 3 is 2.68 bits per heavy atom. The largest absolute Gasteiger partial charge is 0.377 e. The Kier molecular flexibility index (Phi) is 6.35. The predicted molar refractivity (Wildman–Crippen MR) is 109 cm³/mol. The lowest BCUT2D eigenvalue weighted by Crippen LogP contribution is -2.50. The SMILES string of the molecule is COC1C(=CC(=O)NCCN(C)C)CCC2(CO2)C1C1(C)OC1CC=C(C)C. The van der Waals surface area contributed by atoms with Crippen LogP contribution >= 0.6 is 0 Å². The molecule has 3 aliphatic rings. The first-order valence-corrected chi connectivity index (χ1v) is 10.3. The molecule has 6 nitrogen and oxygen atoms in total. The van der Waals surface area contributed by atoms with E-state index in [2.05, 4.69) is 32.2 Å². The summed E-state index contributed by atoms with van der Waals surface area (Å²) in [5.41, 5.74) is 1.92. The van der Waals surface area contributed by atoms with Crippen molar-refractivity contribution in [3.8, 4) is 0 Å². The first-order chi connectivity index (χ1) is 13.2. The van der Waals surface area contributed by atoms with E-state index in [-0.39, 0.29) is 35.2 Å². The molecular formula is C22H36N2O4. The smallest absolute Gasteiger partial charge is 0.244 e. The number of carbonyl (C=O) groups excluding carboxylic acids is 1. The van der Waals surface area contributed by atoms with Crippen molar-refractivity contribution in [2.24, 2.45) is 5.92 Å². The molecule has 2 saturated heterocycles. The zero-order valence-corrected chi connectivity index (χ0v) is 18.2. The summed E-state index contributed by atoms with van der Waals surface area (Å²) >= 11 is 0. The molecule has 3 rings (SSSR count). The maximum absolute atomic E-state index is 12.4. The Labute approximate surface area is 169 Å². The van der Waals surface area contributed by atoms with Crippen LogP contribution in [0.4, 0.5) is 0 Å². The molecule has 0 bridgehead atoms. The first-order valence-electron chi connectivity index (χ1n) is 10.3. The van der Waals surface area contributed by atoms with Gasteiger partial charge < -0.3 is 24.4 Å². The number of allylic oxidation sites excluding steroid dienone is 1. The summed E-state index contributed by atoms with van der Waals surface area (Å²) in [4.78, 5) is 14.5. The fraction of sp³-hybridized carbons (Fsp3) is 0.773. The third kappa shape index (κ3) is 4.51. The lowest BCUT2D eigenvalue weighted by molar-refractivity contribution is -0.116. The average molecular weight is 393 g/mol. The summed E-state index contributed by atoms with van der Waals surface area (Å²) in [5.74, 6) is 0.0587. The van der Waals surface area contributed by atoms with E-state index in [0.29, 0.717) is 6.54 Å². The highest BCUT2D eigenvalue weighted by atomic mass is 16.6. The molecule has 3 fully saturated rings. The number of hydrogen-bond acceptors (Lipinski definition) is 5. The van der Waals surface area contributed by atoms with Crippen LogP contribution in [0, 0.1) is 5.92 Å². The zero-order chi connectivity index (χ0) is 20.5. The van der Waals surface area contributed by atoms with Gasteiger partial charge in [-0.3, -0.25) is 4.79 Å². The molecule has 1 spiro atoms. The van der Waals surface area contributed by atoms with Crippen molar-refractivity contribution in [3.63, 3.8) is 0 Å². The van der Waals surface area contributed by atoms with Crippen LogP contribution in [-0.4, -0.2) is 75.1 Å². The van der Waals surface area contributed by atoms with Crippen LogP contribution in [0.1, 0.15) is 40.0 Å². The summed E-state index contributed by atoms with van der Waals surface area (Å²) in [6, 6.07) is 0. The number of amides is 1. The minimum absolute atomic E-state index is 0.0479. The summed E-state index contributed by atoms with van der Waals surface area (Å²) in [6.45, 7) is 8.61. The molecule has 1 aliphatic carbocycles. The normalized spacial score (nSPS) is 38.0. The van der Waals surface area contributed by atoms with Gasteiger partial charge in [0.05, 0.1) is 24.7 Å². The number of nitrogens with zero attached hydrogens (tertiary/aromatic N) is 1. The Balaban J connectivity index is 1.73. The van der Waals surface area contributed by atoms with Crippen LogP contribution in [0.2, 0.25) is 0 Å². The van der Waals surface area contributed by atoms with E-state index >= 15 is 0 Å². The molecule has 5 unspecified atom stereocenters. The summed E-state index contributed by atoms with van der Waals surface area (Å²) < 4.78 is 18.1. The van der Waals surface area contributed by atoms with Gasteiger partial charge in [0.25, 0.3) is 0 Å². The van der Waals surface area contributed by atoms with Gasteiger partial charge in [0, 0.05) is 26.3 Å². The molecule has 1 N–H and O–H groups in total. The second kappa shape index (κ2) is 8.27. The predicted octanol–water partition coefficient (Wildman–Crippen LogP) is 2.30. The Morgan fingerprint density at radius 1 is 1.39 bits per heavy atom. The van der Waals surface area contributed by atoms with E-state index in [1.54, 1.807) is 13.2 Å². The number of ether oxygens (including phenoxy) is 3. The van der Waals surface area contributed by atoms with E-state index in [1.807, 2.05) is 19.0 Å². The highest BCUT2D eigenvalue weighted by Gasteiger charge is 2.71. The van der Waals surface area contributed by atoms with Crippen LogP contribution in [0.3, 0.4) is 0 Å². The van der Waals surface area contributed by atoms with Crippen molar-refractivity contribution in [3.05, 3.63) is 23.3 Å². The molecule has 0 aromatic heterocycles. The topological polar surface area (TPSA) is 66.6 Å². The van der Waals surface area contributed by atoms with Crippen molar-refractivity contribution in [1.29, 1.82) is 0 Å². The Hall–Kier alpha value is -1.21. The summed E-state index contributed by atoms with van der Waals surface area (Å²) in [7, 11) is 5.72. The van der Waals surface area contributed by atoms with Crippen LogP contribution in [0.5, 0.6) is 0 Å². The molecule has 1 amide bonds. The molecule has 5 atom stereocenters. The van der Waals surface area contributed by atoms with Crippen molar-refractivity contribution >= 4 is 5.91 Å². The van der Waals surface area contributed by atoms with E-state index in [4.69, 9.17) is 14.2 Å². The van der Waals surface area contributed by atoms with E-state index in [1.165, 1.54) is 5.57 Å². The van der Waals surface area contributed by atoms with E-state index < -0.39 is 0 Å². The standard InChI is InChI=1S/C22H36N2O4/c1-15(2)7-8-17-21(3,28-17)20-19(26-6)16(9-10-22(20)14-27-22)13-18(25)23-11-12-24(4)5/h7,13,17,19-20H,8-12,14H2,1-6H3,(H,23,25). The maximum Gasteiger partial charge on any atom is 0.244 e. The van der Waals surface area contributed by atoms with Crippen LogP contribution < -0.4 is 5.32 Å². The molecule has 0 radical (unpaired) electrons. The molecule has 0 aromatic rings. The minimum atomic E-state index is -0.274. The van der Waals surface area contributed by atoms with Crippen molar-refractivity contribution in [2.75, 3.05) is 40.9 Å². The van der Waals surface area contributed by atoms with Gasteiger partial charge in [-0.05, 0) is 59.7 Å². The van der Waals surface area contributed by atoms with Crippen LogP contribution in [0.15, 0.2) is 23.3 Å². The van der Waals surface area contributed by atoms with Gasteiger partial charge in [0.15, 0.2) is 0 Å². The lowest BCUT2D eigenvalue weighted by atomic mass is 9.67. The molecule has 158 valence electrons. The van der Waals surface area contributed by atoms with E-state index in [0.717, 1.165) is 38.0 Å². The molecule has 2 heterocycles. The van der Waals surface area contributed by atoms with Gasteiger partial charge >= 0.3 is 0 Å². The third-order valence-electron chi connectivity index (χ3n) is 6.35. The average Bonchev–Trinajstić information content (AvgIpc) is 3.52. The fourth-order valence-electron chi connectivity index (χ4n) is 4.62. The summed E-state index contributed by atoms with van der Waals surface area (Å²) in [5, 5.41) is 2.97. The van der Waals surface area contributed by atoms with Crippen LogP contribution in [0.25, 0.3) is 0 Å². The number of rotatable bonds is 8. The third-order valence-corrected chi connectivity index (χ3v) is 6.35. The quantitative estimate of drug-likeness (QED) is 0.390. The van der Waals surface area contributed by atoms with Gasteiger partial charge in [-0.2, -0.15) is 0 Å². The molecule has 1 saturated carbocycles. The number of carbonyl (C=O) groups is 1.